The minimum Gasteiger partial charge on any atom is -0.508 e. The number of para-hydroxylation sites is 1. The molecule has 2 aromatic carbocycles. The molecule has 0 radical (unpaired) electrons. The van der Waals surface area contributed by atoms with Crippen molar-refractivity contribution in [3.63, 3.8) is 0 Å². The molecule has 0 fully saturated rings. The van der Waals surface area contributed by atoms with Crippen molar-refractivity contribution in [2.45, 2.75) is 19.9 Å². The second-order valence-corrected chi connectivity index (χ2v) is 5.05. The molecule has 2 nitrogen and oxygen atoms in total. The molecule has 0 saturated carbocycles. The Labute approximate surface area is 116 Å². The first-order chi connectivity index (χ1) is 8.70. The third kappa shape index (κ3) is 3.05. The highest BCUT2D eigenvalue weighted by molar-refractivity contribution is 9.10. The van der Waals surface area contributed by atoms with Crippen molar-refractivity contribution >= 4 is 21.6 Å². The van der Waals surface area contributed by atoms with E-state index in [2.05, 4.69) is 40.3 Å². The molecule has 0 aliphatic heterocycles. The Hall–Kier alpha value is -1.48. The lowest BCUT2D eigenvalue weighted by Gasteiger charge is -2.12. The third-order valence-corrected chi connectivity index (χ3v) is 3.40. The maximum atomic E-state index is 9.78. The molecule has 94 valence electrons. The van der Waals surface area contributed by atoms with Crippen molar-refractivity contribution in [2.24, 2.45) is 0 Å². The van der Waals surface area contributed by atoms with Crippen molar-refractivity contribution in [1.82, 2.24) is 0 Å². The van der Waals surface area contributed by atoms with Gasteiger partial charge in [0, 0.05) is 22.3 Å². The van der Waals surface area contributed by atoms with Crippen LogP contribution in [0.3, 0.4) is 0 Å². The van der Waals surface area contributed by atoms with Gasteiger partial charge in [-0.15, -0.1) is 0 Å². The monoisotopic (exact) mass is 305 g/mol. The van der Waals surface area contributed by atoms with E-state index in [1.165, 1.54) is 5.56 Å². The molecule has 2 rings (SSSR count). The van der Waals surface area contributed by atoms with E-state index in [4.69, 9.17) is 0 Å². The Kier molecular flexibility index (Phi) is 4.26. The molecule has 2 aromatic rings. The zero-order valence-corrected chi connectivity index (χ0v) is 11.9. The summed E-state index contributed by atoms with van der Waals surface area (Å²) in [6.45, 7) is 2.75. The lowest BCUT2D eigenvalue weighted by atomic mass is 10.1. The molecule has 18 heavy (non-hydrogen) atoms. The molecule has 2 N–H and O–H groups in total. The molecule has 0 saturated heterocycles. The normalized spacial score (nSPS) is 10.3. The van der Waals surface area contributed by atoms with Crippen molar-refractivity contribution in [1.29, 1.82) is 0 Å². The number of hydrogen-bond acceptors (Lipinski definition) is 2. The summed E-state index contributed by atoms with van der Waals surface area (Å²) in [5.74, 6) is 0.319. The summed E-state index contributed by atoms with van der Waals surface area (Å²) in [5.41, 5.74) is 3.29. The molecule has 0 unspecified atom stereocenters. The maximum Gasteiger partial charge on any atom is 0.120 e. The summed E-state index contributed by atoms with van der Waals surface area (Å²) in [7, 11) is 0. The van der Waals surface area contributed by atoms with E-state index in [0.717, 1.165) is 22.1 Å². The summed E-state index contributed by atoms with van der Waals surface area (Å²) in [4.78, 5) is 0. The fourth-order valence-corrected chi connectivity index (χ4v) is 2.30. The molecule has 0 aliphatic rings. The maximum absolute atomic E-state index is 9.78. The summed E-state index contributed by atoms with van der Waals surface area (Å²) in [6.07, 6.45) is 0.994. The molecule has 0 amide bonds. The van der Waals surface area contributed by atoms with Crippen molar-refractivity contribution in [2.75, 3.05) is 5.32 Å². The lowest BCUT2D eigenvalue weighted by molar-refractivity contribution is 0.469. The summed E-state index contributed by atoms with van der Waals surface area (Å²) >= 11 is 3.41. The van der Waals surface area contributed by atoms with Crippen LogP contribution in [0.1, 0.15) is 18.1 Å². The highest BCUT2D eigenvalue weighted by atomic mass is 79.9. The minimum absolute atomic E-state index is 0.319. The molecule has 0 atom stereocenters. The predicted octanol–water partition coefficient (Wildman–Crippen LogP) is 4.33. The molecule has 3 heteroatoms. The smallest absolute Gasteiger partial charge is 0.120 e. The Morgan fingerprint density at radius 2 is 1.89 bits per heavy atom. The minimum atomic E-state index is 0.319. The van der Waals surface area contributed by atoms with Gasteiger partial charge in [0.05, 0.1) is 0 Å². The van der Waals surface area contributed by atoms with Gasteiger partial charge in [0.15, 0.2) is 0 Å². The number of anilines is 1. The quantitative estimate of drug-likeness (QED) is 0.881. The molecule has 0 aliphatic carbocycles. The number of nitrogens with one attached hydrogen (secondary N) is 1. The van der Waals surface area contributed by atoms with Gasteiger partial charge in [-0.05, 0) is 36.2 Å². The fourth-order valence-electron chi connectivity index (χ4n) is 1.89. The molecule has 0 bridgehead atoms. The predicted molar refractivity (Wildman–Crippen MR) is 79.0 cm³/mol. The Bertz CT molecular complexity index is 540. The highest BCUT2D eigenvalue weighted by Gasteiger charge is 2.03. The average molecular weight is 306 g/mol. The second-order valence-electron chi connectivity index (χ2n) is 4.14. The van der Waals surface area contributed by atoms with E-state index in [9.17, 15) is 5.11 Å². The average Bonchev–Trinajstić information content (AvgIpc) is 2.40. The number of rotatable bonds is 4. The topological polar surface area (TPSA) is 32.3 Å². The Morgan fingerprint density at radius 3 is 2.67 bits per heavy atom. The largest absolute Gasteiger partial charge is 0.508 e. The Morgan fingerprint density at radius 1 is 1.11 bits per heavy atom. The number of benzene rings is 2. The number of aryl methyl sites for hydroxylation is 1. The van der Waals surface area contributed by atoms with Gasteiger partial charge in [0.2, 0.25) is 0 Å². The third-order valence-electron chi connectivity index (χ3n) is 2.91. The van der Waals surface area contributed by atoms with Crippen LogP contribution in [0.15, 0.2) is 46.9 Å². The van der Waals surface area contributed by atoms with Gasteiger partial charge in [0.25, 0.3) is 0 Å². The van der Waals surface area contributed by atoms with Crippen LogP contribution in [0.2, 0.25) is 0 Å². The van der Waals surface area contributed by atoms with Crippen LogP contribution in [0.5, 0.6) is 5.75 Å². The molecule has 0 spiro atoms. The first kappa shape index (κ1) is 13.0. The number of halogens is 1. The zero-order valence-electron chi connectivity index (χ0n) is 10.3. The van der Waals surface area contributed by atoms with Gasteiger partial charge in [-0.2, -0.15) is 0 Å². The van der Waals surface area contributed by atoms with Crippen LogP contribution in [-0.2, 0) is 13.0 Å². The van der Waals surface area contributed by atoms with Crippen LogP contribution in [0, 0.1) is 0 Å². The van der Waals surface area contributed by atoms with E-state index < -0.39 is 0 Å². The van der Waals surface area contributed by atoms with Crippen molar-refractivity contribution in [3.05, 3.63) is 58.1 Å². The highest BCUT2D eigenvalue weighted by Crippen LogP contribution is 2.23. The van der Waals surface area contributed by atoms with Crippen LogP contribution in [0.4, 0.5) is 5.69 Å². The summed E-state index contributed by atoms with van der Waals surface area (Å²) < 4.78 is 0.973. The van der Waals surface area contributed by atoms with Crippen LogP contribution >= 0.6 is 15.9 Å². The summed E-state index contributed by atoms with van der Waals surface area (Å²) in [5, 5.41) is 13.1. The lowest BCUT2D eigenvalue weighted by Crippen LogP contribution is -2.02. The van der Waals surface area contributed by atoms with E-state index in [0.29, 0.717) is 12.3 Å². The molecular formula is C15H16BrNO. The number of aromatic hydroxyl groups is 1. The van der Waals surface area contributed by atoms with Gasteiger partial charge in [-0.25, -0.2) is 0 Å². The van der Waals surface area contributed by atoms with Crippen LogP contribution in [-0.4, -0.2) is 5.11 Å². The van der Waals surface area contributed by atoms with E-state index >= 15 is 0 Å². The summed E-state index contributed by atoms with van der Waals surface area (Å²) in [6, 6.07) is 13.7. The number of hydrogen-bond donors (Lipinski definition) is 2. The first-order valence-electron chi connectivity index (χ1n) is 6.00. The van der Waals surface area contributed by atoms with Gasteiger partial charge in [-0.3, -0.25) is 0 Å². The standard InChI is InChI=1S/C15H16BrNO/c1-2-11-5-3-4-6-14(11)17-10-12-9-13(16)7-8-15(12)18/h3-9,17-18H,2,10H2,1H3. The van der Waals surface area contributed by atoms with Crippen LogP contribution in [0.25, 0.3) is 0 Å². The van der Waals surface area contributed by atoms with E-state index in [1.54, 1.807) is 6.07 Å². The van der Waals surface area contributed by atoms with Gasteiger partial charge in [-0.1, -0.05) is 41.1 Å². The molecule has 0 aromatic heterocycles. The first-order valence-corrected chi connectivity index (χ1v) is 6.79. The van der Waals surface area contributed by atoms with Gasteiger partial charge in [0.1, 0.15) is 5.75 Å². The van der Waals surface area contributed by atoms with Crippen LogP contribution < -0.4 is 5.32 Å². The number of phenols is 1. The molecular weight excluding hydrogens is 290 g/mol. The second kappa shape index (κ2) is 5.91. The van der Waals surface area contributed by atoms with E-state index in [1.807, 2.05) is 24.3 Å². The Balaban J connectivity index is 2.14. The van der Waals surface area contributed by atoms with Gasteiger partial charge >= 0.3 is 0 Å². The SMILES string of the molecule is CCc1ccccc1NCc1cc(Br)ccc1O. The van der Waals surface area contributed by atoms with Crippen molar-refractivity contribution < 1.29 is 5.11 Å². The van der Waals surface area contributed by atoms with E-state index in [-0.39, 0.29) is 0 Å². The number of phenolic OH excluding ortho intramolecular Hbond substituents is 1. The van der Waals surface area contributed by atoms with Gasteiger partial charge < -0.3 is 10.4 Å². The fraction of sp³-hybridized carbons (Fsp3) is 0.200. The van der Waals surface area contributed by atoms with Crippen molar-refractivity contribution in [3.8, 4) is 5.75 Å². The molecule has 0 heterocycles. The zero-order chi connectivity index (χ0) is 13.0.